The number of likely N-dealkylation sites (tertiary alicyclic amines) is 1. The summed E-state index contributed by atoms with van der Waals surface area (Å²) in [6.07, 6.45) is 3.90. The van der Waals surface area contributed by atoms with Gasteiger partial charge in [0.1, 0.15) is 4.83 Å². The number of aromatic nitrogens is 2. The number of piperidine rings is 1. The molecular formula is C19H21N3O2S. The van der Waals surface area contributed by atoms with E-state index in [1.54, 1.807) is 6.26 Å². The Balaban J connectivity index is 1.76. The van der Waals surface area contributed by atoms with Crippen molar-refractivity contribution < 1.29 is 9.21 Å². The summed E-state index contributed by atoms with van der Waals surface area (Å²) in [5, 5.41) is 0.994. The monoisotopic (exact) mass is 355 g/mol. The average Bonchev–Trinajstić information content (AvgIpc) is 3.22. The standard InChI is InChI=1S/C19H21N3O2S/c1-11-6-4-8-22(10-11)19(23)16-12(2)15-13(3)20-17(21-18(15)25-16)14-7-5-9-24-14/h5,7,9,11H,4,6,8,10H2,1-3H3. The van der Waals surface area contributed by atoms with Crippen LogP contribution in [0.1, 0.15) is 40.7 Å². The molecule has 1 fully saturated rings. The van der Waals surface area contributed by atoms with Crippen molar-refractivity contribution in [3.05, 3.63) is 34.5 Å². The molecule has 0 aliphatic carbocycles. The first kappa shape index (κ1) is 16.3. The van der Waals surface area contributed by atoms with Gasteiger partial charge in [-0.05, 0) is 50.3 Å². The molecule has 4 rings (SSSR count). The number of furan rings is 1. The van der Waals surface area contributed by atoms with Gasteiger partial charge >= 0.3 is 0 Å². The first-order chi connectivity index (χ1) is 12.0. The Kier molecular flexibility index (Phi) is 4.07. The first-order valence-electron chi connectivity index (χ1n) is 8.65. The zero-order valence-corrected chi connectivity index (χ0v) is 15.5. The molecule has 6 heteroatoms. The Bertz CT molecular complexity index is 930. The average molecular weight is 355 g/mol. The molecule has 1 unspecified atom stereocenters. The molecule has 5 nitrogen and oxygen atoms in total. The van der Waals surface area contributed by atoms with Crippen LogP contribution in [-0.2, 0) is 0 Å². The third kappa shape index (κ3) is 2.84. The second kappa shape index (κ2) is 6.26. The van der Waals surface area contributed by atoms with Crippen molar-refractivity contribution in [2.75, 3.05) is 13.1 Å². The SMILES string of the molecule is Cc1nc(-c2ccco2)nc2sc(C(=O)N3CCCC(C)C3)c(C)c12. The van der Waals surface area contributed by atoms with Crippen LogP contribution in [-0.4, -0.2) is 33.9 Å². The van der Waals surface area contributed by atoms with Crippen LogP contribution in [0.4, 0.5) is 0 Å². The van der Waals surface area contributed by atoms with Gasteiger partial charge in [0.25, 0.3) is 5.91 Å². The molecule has 0 saturated carbocycles. The molecule has 130 valence electrons. The molecule has 25 heavy (non-hydrogen) atoms. The third-order valence-corrected chi connectivity index (χ3v) is 6.02. The normalized spacial score (nSPS) is 18.0. The lowest BCUT2D eigenvalue weighted by molar-refractivity contribution is 0.0687. The lowest BCUT2D eigenvalue weighted by Gasteiger charge is -2.30. The number of nitrogens with zero attached hydrogens (tertiary/aromatic N) is 3. The number of hydrogen-bond donors (Lipinski definition) is 0. The molecular weight excluding hydrogens is 334 g/mol. The summed E-state index contributed by atoms with van der Waals surface area (Å²) >= 11 is 1.47. The van der Waals surface area contributed by atoms with Gasteiger partial charge in [-0.25, -0.2) is 9.97 Å². The number of hydrogen-bond acceptors (Lipinski definition) is 5. The van der Waals surface area contributed by atoms with Gasteiger partial charge in [-0.3, -0.25) is 4.79 Å². The highest BCUT2D eigenvalue weighted by molar-refractivity contribution is 7.20. The van der Waals surface area contributed by atoms with Gasteiger partial charge in [-0.1, -0.05) is 6.92 Å². The van der Waals surface area contributed by atoms with Crippen LogP contribution >= 0.6 is 11.3 Å². The Morgan fingerprint density at radius 3 is 2.92 bits per heavy atom. The van der Waals surface area contributed by atoms with Crippen LogP contribution in [0.15, 0.2) is 22.8 Å². The summed E-state index contributed by atoms with van der Waals surface area (Å²) in [5.41, 5.74) is 1.88. The lowest BCUT2D eigenvalue weighted by Crippen LogP contribution is -2.38. The van der Waals surface area contributed by atoms with E-state index in [1.807, 2.05) is 30.9 Å². The van der Waals surface area contributed by atoms with E-state index < -0.39 is 0 Å². The van der Waals surface area contributed by atoms with Gasteiger partial charge in [-0.15, -0.1) is 11.3 Å². The summed E-state index contributed by atoms with van der Waals surface area (Å²) in [4.78, 5) is 25.9. The van der Waals surface area contributed by atoms with Crippen molar-refractivity contribution in [2.45, 2.75) is 33.6 Å². The molecule has 0 aromatic carbocycles. The predicted octanol–water partition coefficient (Wildman–Crippen LogP) is 4.44. The summed E-state index contributed by atoms with van der Waals surface area (Å²) < 4.78 is 5.42. The summed E-state index contributed by atoms with van der Waals surface area (Å²) in [7, 11) is 0. The number of aryl methyl sites for hydroxylation is 2. The Labute approximate surface area is 150 Å². The molecule has 1 atom stereocenters. The smallest absolute Gasteiger partial charge is 0.264 e. The summed E-state index contributed by atoms with van der Waals surface area (Å²) in [6.45, 7) is 7.87. The summed E-state index contributed by atoms with van der Waals surface area (Å²) in [6, 6.07) is 3.67. The van der Waals surface area contributed by atoms with Crippen molar-refractivity contribution in [2.24, 2.45) is 5.92 Å². The maximum atomic E-state index is 13.0. The van der Waals surface area contributed by atoms with Crippen LogP contribution in [0, 0.1) is 19.8 Å². The molecule has 1 aliphatic heterocycles. The molecule has 1 amide bonds. The lowest BCUT2D eigenvalue weighted by atomic mass is 10.00. The first-order valence-corrected chi connectivity index (χ1v) is 9.47. The van der Waals surface area contributed by atoms with E-state index in [9.17, 15) is 4.79 Å². The van der Waals surface area contributed by atoms with Gasteiger partial charge in [0.15, 0.2) is 11.6 Å². The van der Waals surface area contributed by atoms with Gasteiger partial charge in [0.05, 0.1) is 16.8 Å². The van der Waals surface area contributed by atoms with E-state index in [0.29, 0.717) is 17.5 Å². The summed E-state index contributed by atoms with van der Waals surface area (Å²) in [5.74, 6) is 1.92. The molecule has 3 aromatic heterocycles. The Morgan fingerprint density at radius 1 is 1.36 bits per heavy atom. The third-order valence-electron chi connectivity index (χ3n) is 4.85. The quantitative estimate of drug-likeness (QED) is 0.682. The molecule has 4 heterocycles. The zero-order valence-electron chi connectivity index (χ0n) is 14.7. The predicted molar refractivity (Wildman–Crippen MR) is 98.9 cm³/mol. The minimum atomic E-state index is 0.131. The van der Waals surface area contributed by atoms with Crippen molar-refractivity contribution >= 4 is 27.5 Å². The molecule has 1 saturated heterocycles. The van der Waals surface area contributed by atoms with E-state index in [0.717, 1.165) is 45.9 Å². The van der Waals surface area contributed by atoms with Crippen LogP contribution in [0.5, 0.6) is 0 Å². The maximum absolute atomic E-state index is 13.0. The fourth-order valence-electron chi connectivity index (χ4n) is 3.58. The molecule has 3 aromatic rings. The number of fused-ring (bicyclic) bond motifs is 1. The van der Waals surface area contributed by atoms with Gasteiger partial charge < -0.3 is 9.32 Å². The number of carbonyl (C=O) groups excluding carboxylic acids is 1. The molecule has 0 spiro atoms. The minimum absolute atomic E-state index is 0.131. The van der Waals surface area contributed by atoms with E-state index in [-0.39, 0.29) is 5.91 Å². The fourth-order valence-corrected chi connectivity index (χ4v) is 4.78. The van der Waals surface area contributed by atoms with E-state index in [4.69, 9.17) is 4.42 Å². The number of thiophene rings is 1. The van der Waals surface area contributed by atoms with Crippen molar-refractivity contribution in [1.29, 1.82) is 0 Å². The Hall–Kier alpha value is -2.21. The zero-order chi connectivity index (χ0) is 17.6. The Morgan fingerprint density at radius 2 is 2.20 bits per heavy atom. The van der Waals surface area contributed by atoms with Crippen LogP contribution < -0.4 is 0 Å². The van der Waals surface area contributed by atoms with Gasteiger partial charge in [0, 0.05) is 18.5 Å². The number of amides is 1. The number of carbonyl (C=O) groups is 1. The molecule has 0 N–H and O–H groups in total. The fraction of sp³-hybridized carbons (Fsp3) is 0.421. The van der Waals surface area contributed by atoms with Crippen LogP contribution in [0.3, 0.4) is 0 Å². The largest absolute Gasteiger partial charge is 0.461 e. The van der Waals surface area contributed by atoms with Crippen molar-refractivity contribution in [3.63, 3.8) is 0 Å². The van der Waals surface area contributed by atoms with Gasteiger partial charge in [-0.2, -0.15) is 0 Å². The highest BCUT2D eigenvalue weighted by Gasteiger charge is 2.26. The highest BCUT2D eigenvalue weighted by atomic mass is 32.1. The molecule has 0 radical (unpaired) electrons. The van der Waals surface area contributed by atoms with E-state index >= 15 is 0 Å². The van der Waals surface area contributed by atoms with Crippen LogP contribution in [0.25, 0.3) is 21.8 Å². The topological polar surface area (TPSA) is 59.2 Å². The van der Waals surface area contributed by atoms with Crippen molar-refractivity contribution in [1.82, 2.24) is 14.9 Å². The minimum Gasteiger partial charge on any atom is -0.461 e. The van der Waals surface area contributed by atoms with E-state index in [2.05, 4.69) is 16.9 Å². The second-order valence-electron chi connectivity index (χ2n) is 6.84. The number of rotatable bonds is 2. The van der Waals surface area contributed by atoms with Crippen molar-refractivity contribution in [3.8, 4) is 11.6 Å². The highest BCUT2D eigenvalue weighted by Crippen LogP contribution is 2.34. The van der Waals surface area contributed by atoms with Gasteiger partial charge in [0.2, 0.25) is 0 Å². The molecule has 1 aliphatic rings. The maximum Gasteiger partial charge on any atom is 0.264 e. The molecule has 0 bridgehead atoms. The second-order valence-corrected chi connectivity index (χ2v) is 7.84. The van der Waals surface area contributed by atoms with E-state index in [1.165, 1.54) is 17.8 Å². The van der Waals surface area contributed by atoms with Crippen LogP contribution in [0.2, 0.25) is 0 Å².